The van der Waals surface area contributed by atoms with Crippen LogP contribution in [0.3, 0.4) is 0 Å². The fourth-order valence-corrected chi connectivity index (χ4v) is 4.30. The van der Waals surface area contributed by atoms with Gasteiger partial charge in [-0.25, -0.2) is 13.2 Å². The van der Waals surface area contributed by atoms with E-state index >= 15 is 0 Å². The molecule has 1 saturated heterocycles. The summed E-state index contributed by atoms with van der Waals surface area (Å²) in [6.45, 7) is 1.38. The number of hydrogen-bond donors (Lipinski definition) is 2. The van der Waals surface area contributed by atoms with E-state index in [4.69, 9.17) is 4.74 Å². The first-order chi connectivity index (χ1) is 16.0. The molecule has 2 unspecified atom stereocenters. The van der Waals surface area contributed by atoms with Crippen LogP contribution in [-0.2, 0) is 6.42 Å². The number of pyridine rings is 1. The van der Waals surface area contributed by atoms with Gasteiger partial charge in [0.2, 0.25) is 0 Å². The number of aromatic nitrogens is 1. The third-order valence-corrected chi connectivity index (χ3v) is 6.17. The molecule has 4 rings (SSSR count). The lowest BCUT2D eigenvalue weighted by Crippen LogP contribution is -2.48. The van der Waals surface area contributed by atoms with Crippen LogP contribution in [0.4, 0.5) is 13.2 Å². The number of rotatable bonds is 8. The summed E-state index contributed by atoms with van der Waals surface area (Å²) in [7, 11) is 1.60. The second-order valence-corrected chi connectivity index (χ2v) is 8.36. The van der Waals surface area contributed by atoms with Crippen LogP contribution < -0.4 is 15.4 Å². The van der Waals surface area contributed by atoms with Crippen molar-refractivity contribution in [2.45, 2.75) is 37.8 Å². The van der Waals surface area contributed by atoms with Crippen LogP contribution in [0.2, 0.25) is 0 Å². The molecule has 2 atom stereocenters. The van der Waals surface area contributed by atoms with E-state index in [-0.39, 0.29) is 11.4 Å². The van der Waals surface area contributed by atoms with Crippen LogP contribution in [-0.4, -0.2) is 37.3 Å². The highest BCUT2D eigenvalue weighted by Gasteiger charge is 2.20. The fourth-order valence-electron chi connectivity index (χ4n) is 4.30. The Morgan fingerprint density at radius 2 is 2.00 bits per heavy atom. The molecule has 2 aromatic carbocycles. The highest BCUT2D eigenvalue weighted by Crippen LogP contribution is 2.26. The molecule has 0 saturated carbocycles. The Morgan fingerprint density at radius 3 is 2.79 bits per heavy atom. The van der Waals surface area contributed by atoms with Gasteiger partial charge >= 0.3 is 0 Å². The summed E-state index contributed by atoms with van der Waals surface area (Å²) in [5.74, 6) is -0.486. The zero-order valence-corrected chi connectivity index (χ0v) is 18.6. The number of nitrogens with zero attached hydrogens (tertiary/aromatic N) is 1. The minimum Gasteiger partial charge on any atom is -0.497 e. The number of piperidine rings is 1. The van der Waals surface area contributed by atoms with E-state index in [9.17, 15) is 13.2 Å². The summed E-state index contributed by atoms with van der Waals surface area (Å²) in [4.78, 5) is 4.19. The Morgan fingerprint density at radius 1 is 1.12 bits per heavy atom. The van der Waals surface area contributed by atoms with E-state index < -0.39 is 11.6 Å². The van der Waals surface area contributed by atoms with E-state index in [1.165, 1.54) is 12.3 Å². The van der Waals surface area contributed by atoms with Gasteiger partial charge in [0.1, 0.15) is 23.2 Å². The van der Waals surface area contributed by atoms with Gasteiger partial charge in [-0.1, -0.05) is 12.2 Å². The van der Waals surface area contributed by atoms with Crippen LogP contribution >= 0.6 is 0 Å². The molecule has 174 valence electrons. The van der Waals surface area contributed by atoms with Crippen LogP contribution in [0.1, 0.15) is 30.4 Å². The zero-order chi connectivity index (χ0) is 23.2. The molecule has 3 aromatic rings. The Kier molecular flexibility index (Phi) is 7.62. The fraction of sp³-hybridized carbons (Fsp3) is 0.346. The number of methoxy groups -OCH3 is 1. The number of nitrogens with one attached hydrogen (secondary N) is 2. The molecule has 2 N–H and O–H groups in total. The molecule has 1 aliphatic heterocycles. The minimum absolute atomic E-state index is 0.243. The lowest BCUT2D eigenvalue weighted by atomic mass is 9.94. The average molecular weight is 456 g/mol. The molecule has 0 spiro atoms. The summed E-state index contributed by atoms with van der Waals surface area (Å²) in [6, 6.07) is 9.56. The number of benzene rings is 2. The maximum atomic E-state index is 14.5. The van der Waals surface area contributed by atoms with E-state index in [1.807, 2.05) is 18.2 Å². The summed E-state index contributed by atoms with van der Waals surface area (Å²) in [5.41, 5.74) is 1.68. The van der Waals surface area contributed by atoms with Crippen molar-refractivity contribution < 1.29 is 17.9 Å². The summed E-state index contributed by atoms with van der Waals surface area (Å²) in [5, 5.41) is 7.76. The third-order valence-electron chi connectivity index (χ3n) is 6.17. The van der Waals surface area contributed by atoms with Crippen molar-refractivity contribution in [3.05, 3.63) is 77.2 Å². The topological polar surface area (TPSA) is 46.2 Å². The highest BCUT2D eigenvalue weighted by atomic mass is 19.1. The Labute approximate surface area is 191 Å². The van der Waals surface area contributed by atoms with E-state index in [2.05, 4.69) is 15.6 Å². The molecule has 0 bridgehead atoms. The van der Waals surface area contributed by atoms with Gasteiger partial charge in [0.05, 0.1) is 18.8 Å². The zero-order valence-electron chi connectivity index (χ0n) is 18.6. The summed E-state index contributed by atoms with van der Waals surface area (Å²) >= 11 is 0. The quantitative estimate of drug-likeness (QED) is 0.501. The molecule has 1 aliphatic rings. The normalized spacial score (nSPS) is 18.8. The first-order valence-electron chi connectivity index (χ1n) is 11.2. The lowest BCUT2D eigenvalue weighted by molar-refractivity contribution is 0.320. The molecule has 0 amide bonds. The highest BCUT2D eigenvalue weighted by molar-refractivity contribution is 5.83. The molecule has 0 radical (unpaired) electrons. The van der Waals surface area contributed by atoms with Gasteiger partial charge in [0.15, 0.2) is 0 Å². The third kappa shape index (κ3) is 5.92. The van der Waals surface area contributed by atoms with Crippen LogP contribution in [0.25, 0.3) is 17.0 Å². The maximum absolute atomic E-state index is 14.5. The first-order valence-corrected chi connectivity index (χ1v) is 11.2. The van der Waals surface area contributed by atoms with Crippen molar-refractivity contribution in [2.75, 3.05) is 20.2 Å². The van der Waals surface area contributed by atoms with Crippen molar-refractivity contribution in [1.29, 1.82) is 0 Å². The van der Waals surface area contributed by atoms with E-state index in [1.54, 1.807) is 19.3 Å². The first kappa shape index (κ1) is 23.3. The van der Waals surface area contributed by atoms with Gasteiger partial charge in [-0.2, -0.15) is 0 Å². The largest absolute Gasteiger partial charge is 0.497 e. The molecule has 7 heteroatoms. The molecular weight excluding hydrogens is 427 g/mol. The number of aryl methyl sites for hydroxylation is 1. The number of ether oxygens (including phenoxy) is 1. The minimum atomic E-state index is -0.453. The van der Waals surface area contributed by atoms with Gasteiger partial charge < -0.3 is 15.4 Å². The smallest absolute Gasteiger partial charge is 0.145 e. The van der Waals surface area contributed by atoms with Crippen LogP contribution in [0.15, 0.2) is 48.7 Å². The molecule has 0 aliphatic carbocycles. The van der Waals surface area contributed by atoms with Crippen LogP contribution in [0.5, 0.6) is 5.75 Å². The van der Waals surface area contributed by atoms with Crippen LogP contribution in [0, 0.1) is 17.5 Å². The van der Waals surface area contributed by atoms with Crippen molar-refractivity contribution in [3.8, 4) is 5.75 Å². The summed E-state index contributed by atoms with van der Waals surface area (Å²) < 4.78 is 46.7. The second kappa shape index (κ2) is 10.8. The molecule has 2 heterocycles. The van der Waals surface area contributed by atoms with E-state index in [0.717, 1.165) is 48.8 Å². The number of halogens is 3. The molecule has 33 heavy (non-hydrogen) atoms. The molecule has 4 nitrogen and oxygen atoms in total. The van der Waals surface area contributed by atoms with E-state index in [0.29, 0.717) is 36.4 Å². The molecule has 1 aromatic heterocycles. The molecular formula is C26H28F3N3O. The van der Waals surface area contributed by atoms with Gasteiger partial charge in [-0.15, -0.1) is 0 Å². The SMILES string of the molecule is COc1ccc2ncc(F)c(CCC3CCC(NC/C=C/c4cc(F)ccc4F)CN3)c2c1. The number of fused-ring (bicyclic) bond motifs is 1. The number of hydrogen-bond acceptors (Lipinski definition) is 4. The Balaban J connectivity index is 1.26. The van der Waals surface area contributed by atoms with Gasteiger partial charge in [-0.05, 0) is 67.6 Å². The van der Waals surface area contributed by atoms with Crippen molar-refractivity contribution in [1.82, 2.24) is 15.6 Å². The second-order valence-electron chi connectivity index (χ2n) is 8.36. The monoisotopic (exact) mass is 455 g/mol. The van der Waals surface area contributed by atoms with Gasteiger partial charge in [0, 0.05) is 36.1 Å². The van der Waals surface area contributed by atoms with Crippen molar-refractivity contribution in [2.24, 2.45) is 0 Å². The predicted molar refractivity (Wildman–Crippen MR) is 125 cm³/mol. The van der Waals surface area contributed by atoms with Gasteiger partial charge in [-0.3, -0.25) is 4.98 Å². The predicted octanol–water partition coefficient (Wildman–Crippen LogP) is 5.02. The Bertz CT molecular complexity index is 1130. The Hall–Kier alpha value is -2.90. The molecule has 1 fully saturated rings. The average Bonchev–Trinajstić information content (AvgIpc) is 2.83. The standard InChI is InChI=1S/C26H28F3N3O/c1-33-21-8-11-26-23(14-21)22(25(29)16-32-26)9-7-19-5-6-20(15-31-19)30-12-2-3-17-13-18(27)4-10-24(17)28/h2-4,8,10-11,13-14,16,19-20,30-31H,5-7,9,12,15H2,1H3/b3-2+. The van der Waals surface area contributed by atoms with Crippen molar-refractivity contribution >= 4 is 17.0 Å². The van der Waals surface area contributed by atoms with Gasteiger partial charge in [0.25, 0.3) is 0 Å². The van der Waals surface area contributed by atoms with Crippen molar-refractivity contribution in [3.63, 3.8) is 0 Å². The lowest BCUT2D eigenvalue weighted by Gasteiger charge is -2.30. The maximum Gasteiger partial charge on any atom is 0.145 e. The summed E-state index contributed by atoms with van der Waals surface area (Å²) in [6.07, 6.45) is 8.11.